The maximum atomic E-state index is 12.3. The molecule has 1 heterocycles. The number of fused-ring (bicyclic) bond motifs is 1. The van der Waals surface area contributed by atoms with E-state index >= 15 is 0 Å². The summed E-state index contributed by atoms with van der Waals surface area (Å²) in [4.78, 5) is 12.3. The van der Waals surface area contributed by atoms with Crippen molar-refractivity contribution < 1.29 is 14.6 Å². The SMILES string of the molecule is CC[C@@H](O)Cc1cn(C(=O)OC(C)(C)C)c2ccccc12. The molecular formula is C17H23NO3. The predicted molar refractivity (Wildman–Crippen MR) is 83.6 cm³/mol. The number of carbonyl (C=O) groups excluding carboxylic acids is 1. The summed E-state index contributed by atoms with van der Waals surface area (Å²) in [6.07, 6.45) is 2.20. The van der Waals surface area contributed by atoms with Gasteiger partial charge in [-0.1, -0.05) is 25.1 Å². The van der Waals surface area contributed by atoms with Crippen molar-refractivity contribution in [1.29, 1.82) is 0 Å². The lowest BCUT2D eigenvalue weighted by atomic mass is 10.1. The van der Waals surface area contributed by atoms with Crippen LogP contribution >= 0.6 is 0 Å². The maximum absolute atomic E-state index is 12.3. The smallest absolute Gasteiger partial charge is 0.419 e. The van der Waals surface area contributed by atoms with E-state index in [2.05, 4.69) is 0 Å². The number of para-hydroxylation sites is 1. The van der Waals surface area contributed by atoms with Gasteiger partial charge in [-0.2, -0.15) is 0 Å². The third-order valence-electron chi connectivity index (χ3n) is 3.31. The summed E-state index contributed by atoms with van der Waals surface area (Å²) in [5.74, 6) is 0. The number of benzene rings is 1. The first-order chi connectivity index (χ1) is 9.81. The molecule has 2 rings (SSSR count). The molecule has 0 aliphatic rings. The number of ether oxygens (including phenoxy) is 1. The second kappa shape index (κ2) is 5.90. The Morgan fingerprint density at radius 1 is 1.33 bits per heavy atom. The normalized spacial score (nSPS) is 13.4. The van der Waals surface area contributed by atoms with Gasteiger partial charge in [-0.15, -0.1) is 0 Å². The van der Waals surface area contributed by atoms with Crippen molar-refractivity contribution in [3.8, 4) is 0 Å². The zero-order valence-electron chi connectivity index (χ0n) is 13.1. The Balaban J connectivity index is 2.42. The first-order valence-corrected chi connectivity index (χ1v) is 7.32. The van der Waals surface area contributed by atoms with Crippen molar-refractivity contribution in [1.82, 2.24) is 4.57 Å². The number of aliphatic hydroxyl groups is 1. The average molecular weight is 289 g/mol. The number of nitrogens with zero attached hydrogens (tertiary/aromatic N) is 1. The van der Waals surface area contributed by atoms with Gasteiger partial charge in [-0.05, 0) is 38.8 Å². The van der Waals surface area contributed by atoms with E-state index < -0.39 is 17.8 Å². The fraction of sp³-hybridized carbons (Fsp3) is 0.471. The van der Waals surface area contributed by atoms with Crippen molar-refractivity contribution in [3.63, 3.8) is 0 Å². The lowest BCUT2D eigenvalue weighted by molar-refractivity contribution is 0.0544. The van der Waals surface area contributed by atoms with Crippen LogP contribution in [-0.4, -0.2) is 27.5 Å². The summed E-state index contributed by atoms with van der Waals surface area (Å²) in [5, 5.41) is 10.9. The fourth-order valence-corrected chi connectivity index (χ4v) is 2.27. The van der Waals surface area contributed by atoms with Crippen molar-refractivity contribution in [2.24, 2.45) is 0 Å². The molecule has 2 aromatic rings. The van der Waals surface area contributed by atoms with Gasteiger partial charge in [0.1, 0.15) is 5.60 Å². The van der Waals surface area contributed by atoms with Crippen LogP contribution in [0.2, 0.25) is 0 Å². The van der Waals surface area contributed by atoms with Gasteiger partial charge in [-0.25, -0.2) is 4.79 Å². The first-order valence-electron chi connectivity index (χ1n) is 7.32. The molecular weight excluding hydrogens is 266 g/mol. The molecule has 0 bridgehead atoms. The molecule has 1 aromatic heterocycles. The number of aromatic nitrogens is 1. The maximum Gasteiger partial charge on any atom is 0.419 e. The van der Waals surface area contributed by atoms with E-state index in [-0.39, 0.29) is 0 Å². The number of aliphatic hydroxyl groups excluding tert-OH is 1. The zero-order valence-corrected chi connectivity index (χ0v) is 13.1. The second-order valence-corrected chi connectivity index (χ2v) is 6.29. The van der Waals surface area contributed by atoms with Gasteiger partial charge in [0.05, 0.1) is 11.6 Å². The number of hydrogen-bond acceptors (Lipinski definition) is 3. The number of hydrogen-bond donors (Lipinski definition) is 1. The highest BCUT2D eigenvalue weighted by molar-refractivity contribution is 5.92. The summed E-state index contributed by atoms with van der Waals surface area (Å²) < 4.78 is 6.96. The monoisotopic (exact) mass is 289 g/mol. The Morgan fingerprint density at radius 2 is 2.00 bits per heavy atom. The number of carbonyl (C=O) groups is 1. The molecule has 0 radical (unpaired) electrons. The quantitative estimate of drug-likeness (QED) is 0.936. The molecule has 4 heteroatoms. The molecule has 0 unspecified atom stereocenters. The van der Waals surface area contributed by atoms with E-state index in [4.69, 9.17) is 4.74 Å². The van der Waals surface area contributed by atoms with Crippen LogP contribution in [0.5, 0.6) is 0 Å². The predicted octanol–water partition coefficient (Wildman–Crippen LogP) is 3.74. The lowest BCUT2D eigenvalue weighted by Crippen LogP contribution is -2.26. The van der Waals surface area contributed by atoms with E-state index in [1.807, 2.05) is 52.0 Å². The molecule has 0 saturated heterocycles. The standard InChI is InChI=1S/C17H23NO3/c1-5-13(19)10-12-11-18(16(20)21-17(2,3)4)15-9-7-6-8-14(12)15/h6-9,11,13,19H,5,10H2,1-4H3/t13-/m1/s1. The minimum absolute atomic E-state index is 0.393. The van der Waals surface area contributed by atoms with E-state index in [9.17, 15) is 9.90 Å². The molecule has 0 spiro atoms. The fourth-order valence-electron chi connectivity index (χ4n) is 2.27. The van der Waals surface area contributed by atoms with Crippen LogP contribution in [0.1, 0.15) is 39.7 Å². The number of rotatable bonds is 3. The third kappa shape index (κ3) is 3.64. The average Bonchev–Trinajstić information content (AvgIpc) is 2.76. The van der Waals surface area contributed by atoms with Gasteiger partial charge in [-0.3, -0.25) is 4.57 Å². The molecule has 4 nitrogen and oxygen atoms in total. The van der Waals surface area contributed by atoms with Crippen LogP contribution in [0.4, 0.5) is 4.79 Å². The highest BCUT2D eigenvalue weighted by Gasteiger charge is 2.21. The van der Waals surface area contributed by atoms with Crippen molar-refractivity contribution in [3.05, 3.63) is 36.0 Å². The van der Waals surface area contributed by atoms with Crippen LogP contribution in [0, 0.1) is 0 Å². The summed E-state index contributed by atoms with van der Waals surface area (Å²) >= 11 is 0. The van der Waals surface area contributed by atoms with Crippen LogP contribution < -0.4 is 0 Å². The zero-order chi connectivity index (χ0) is 15.6. The van der Waals surface area contributed by atoms with E-state index in [1.165, 1.54) is 4.57 Å². The first kappa shape index (κ1) is 15.6. The van der Waals surface area contributed by atoms with Crippen molar-refractivity contribution in [2.75, 3.05) is 0 Å². The Morgan fingerprint density at radius 3 is 2.62 bits per heavy atom. The van der Waals surface area contributed by atoms with Crippen LogP contribution in [0.3, 0.4) is 0 Å². The molecule has 0 saturated carbocycles. The summed E-state index contributed by atoms with van der Waals surface area (Å²) in [6.45, 7) is 7.48. The van der Waals surface area contributed by atoms with Crippen LogP contribution in [0.25, 0.3) is 10.9 Å². The minimum atomic E-state index is -0.536. The van der Waals surface area contributed by atoms with E-state index in [0.29, 0.717) is 12.8 Å². The van der Waals surface area contributed by atoms with Crippen molar-refractivity contribution in [2.45, 2.75) is 52.2 Å². The van der Waals surface area contributed by atoms with Gasteiger partial charge in [0.15, 0.2) is 0 Å². The molecule has 0 fully saturated rings. The Kier molecular flexibility index (Phi) is 4.37. The van der Waals surface area contributed by atoms with Gasteiger partial charge in [0.2, 0.25) is 0 Å². The van der Waals surface area contributed by atoms with Gasteiger partial charge >= 0.3 is 6.09 Å². The molecule has 0 amide bonds. The van der Waals surface area contributed by atoms with Gasteiger partial charge in [0.25, 0.3) is 0 Å². The molecule has 0 aliphatic heterocycles. The summed E-state index contributed by atoms with van der Waals surface area (Å²) in [5.41, 5.74) is 1.24. The topological polar surface area (TPSA) is 51.5 Å². The molecule has 21 heavy (non-hydrogen) atoms. The lowest BCUT2D eigenvalue weighted by Gasteiger charge is -2.19. The third-order valence-corrected chi connectivity index (χ3v) is 3.31. The summed E-state index contributed by atoms with van der Waals surface area (Å²) in [6, 6.07) is 7.68. The Labute approximate surface area is 125 Å². The molecule has 114 valence electrons. The Hall–Kier alpha value is -1.81. The molecule has 0 aliphatic carbocycles. The highest BCUT2D eigenvalue weighted by Crippen LogP contribution is 2.24. The second-order valence-electron chi connectivity index (χ2n) is 6.29. The van der Waals surface area contributed by atoms with Crippen LogP contribution in [0.15, 0.2) is 30.5 Å². The highest BCUT2D eigenvalue weighted by atomic mass is 16.6. The van der Waals surface area contributed by atoms with Gasteiger partial charge < -0.3 is 9.84 Å². The largest absolute Gasteiger partial charge is 0.443 e. The van der Waals surface area contributed by atoms with Gasteiger partial charge in [0, 0.05) is 18.0 Å². The molecule has 1 aromatic carbocycles. The van der Waals surface area contributed by atoms with Crippen molar-refractivity contribution >= 4 is 17.0 Å². The van der Waals surface area contributed by atoms with E-state index in [1.54, 1.807) is 6.20 Å². The summed E-state index contributed by atoms with van der Waals surface area (Å²) in [7, 11) is 0. The van der Waals surface area contributed by atoms with E-state index in [0.717, 1.165) is 16.5 Å². The minimum Gasteiger partial charge on any atom is -0.443 e. The Bertz CT molecular complexity index is 637. The molecule has 1 atom stereocenters. The van der Waals surface area contributed by atoms with Crippen LogP contribution in [-0.2, 0) is 11.2 Å². The molecule has 1 N–H and O–H groups in total.